The van der Waals surface area contributed by atoms with Gasteiger partial charge in [-0.15, -0.1) is 0 Å². The molecule has 0 aliphatic carbocycles. The van der Waals surface area contributed by atoms with Crippen LogP contribution in [0.3, 0.4) is 0 Å². The maximum atomic E-state index is 5.76. The van der Waals surface area contributed by atoms with Crippen LogP contribution in [0.4, 0.5) is 0 Å². The van der Waals surface area contributed by atoms with Crippen molar-refractivity contribution < 1.29 is 0 Å². The lowest BCUT2D eigenvalue weighted by molar-refractivity contribution is 1.16. The molecule has 0 bridgehead atoms. The van der Waals surface area contributed by atoms with Crippen molar-refractivity contribution in [3.05, 3.63) is 40.2 Å². The van der Waals surface area contributed by atoms with E-state index in [-0.39, 0.29) is 0 Å². The molecule has 0 saturated carbocycles. The van der Waals surface area contributed by atoms with Crippen LogP contribution in [0.25, 0.3) is 0 Å². The fourth-order valence-corrected chi connectivity index (χ4v) is 1.08. The molecule has 0 amide bonds. The summed E-state index contributed by atoms with van der Waals surface area (Å²) in [5, 5.41) is 1.13. The van der Waals surface area contributed by atoms with E-state index in [1.165, 1.54) is 0 Å². The number of benzene rings is 1. The van der Waals surface area contributed by atoms with Crippen LogP contribution in [0.5, 0.6) is 0 Å². The van der Waals surface area contributed by atoms with E-state index in [1.807, 2.05) is 12.5 Å². The number of nitrogens with two attached hydrogens (primary N) is 1. The van der Waals surface area contributed by atoms with Crippen molar-refractivity contribution in [1.29, 1.82) is 0 Å². The van der Waals surface area contributed by atoms with Gasteiger partial charge in [0.1, 0.15) is 0 Å². The molecule has 11 heavy (non-hydrogen) atoms. The number of hydrogen-bond acceptors (Lipinski definition) is 1. The molecule has 3 heteroatoms. The molecular weight excluding hydrogens is 181 g/mol. The summed E-state index contributed by atoms with van der Waals surface area (Å²) in [6.45, 7) is 0.512. The van der Waals surface area contributed by atoms with Gasteiger partial charge < -0.3 is 5.73 Å². The largest absolute Gasteiger partial charge is 0.330 e. The molecule has 0 unspecified atom stereocenters. The molecule has 1 radical (unpaired) electrons. The highest BCUT2D eigenvalue weighted by Gasteiger charge is 1.97. The molecule has 0 aliphatic heterocycles. The molecule has 0 aliphatic rings. The molecule has 1 nitrogen and oxygen atoms in total. The molecule has 0 aromatic heterocycles. The predicted molar refractivity (Wildman–Crippen MR) is 48.9 cm³/mol. The SMILES string of the molecule is NC[CH]c1ccc(Cl)c(Cl)c1. The molecule has 0 fully saturated rings. The zero-order valence-corrected chi connectivity index (χ0v) is 7.36. The van der Waals surface area contributed by atoms with Crippen LogP contribution in [-0.4, -0.2) is 6.54 Å². The van der Waals surface area contributed by atoms with E-state index >= 15 is 0 Å². The highest BCUT2D eigenvalue weighted by Crippen LogP contribution is 2.22. The number of rotatable bonds is 2. The summed E-state index contributed by atoms with van der Waals surface area (Å²) in [5.41, 5.74) is 6.32. The maximum absolute atomic E-state index is 5.76. The van der Waals surface area contributed by atoms with Crippen molar-refractivity contribution in [2.24, 2.45) is 5.73 Å². The minimum absolute atomic E-state index is 0.512. The standard InChI is InChI=1S/C8H8Cl2N/c9-7-2-1-6(3-4-11)5-8(7)10/h1-3,5H,4,11H2. The van der Waals surface area contributed by atoms with Gasteiger partial charge in [-0.3, -0.25) is 0 Å². The Balaban J connectivity index is 2.86. The van der Waals surface area contributed by atoms with Crippen molar-refractivity contribution in [3.8, 4) is 0 Å². The zero-order valence-electron chi connectivity index (χ0n) is 5.85. The molecule has 1 aromatic rings. The summed E-state index contributed by atoms with van der Waals surface area (Å²) in [7, 11) is 0. The van der Waals surface area contributed by atoms with Crippen LogP contribution >= 0.6 is 23.2 Å². The predicted octanol–water partition coefficient (Wildman–Crippen LogP) is 2.50. The average molecular weight is 189 g/mol. The Hall–Kier alpha value is -0.240. The van der Waals surface area contributed by atoms with Crippen LogP contribution in [0, 0.1) is 6.42 Å². The topological polar surface area (TPSA) is 26.0 Å². The van der Waals surface area contributed by atoms with Crippen LogP contribution in [0.2, 0.25) is 10.0 Å². The molecule has 0 atom stereocenters. The normalized spacial score (nSPS) is 10.1. The van der Waals surface area contributed by atoms with E-state index in [1.54, 1.807) is 12.1 Å². The van der Waals surface area contributed by atoms with E-state index in [2.05, 4.69) is 0 Å². The van der Waals surface area contributed by atoms with Gasteiger partial charge in [-0.1, -0.05) is 29.3 Å². The first-order valence-corrected chi connectivity index (χ1v) is 3.98. The van der Waals surface area contributed by atoms with Crippen LogP contribution in [0.15, 0.2) is 18.2 Å². The van der Waals surface area contributed by atoms with Crippen LogP contribution < -0.4 is 5.73 Å². The second-order valence-corrected chi connectivity index (χ2v) is 2.93. The fraction of sp³-hybridized carbons (Fsp3) is 0.125. The van der Waals surface area contributed by atoms with E-state index < -0.39 is 0 Å². The van der Waals surface area contributed by atoms with Gasteiger partial charge in [0.2, 0.25) is 0 Å². The lowest BCUT2D eigenvalue weighted by Gasteiger charge is -1.99. The fourth-order valence-electron chi connectivity index (χ4n) is 0.775. The quantitative estimate of drug-likeness (QED) is 0.759. The van der Waals surface area contributed by atoms with Crippen molar-refractivity contribution >= 4 is 23.2 Å². The van der Waals surface area contributed by atoms with Gasteiger partial charge in [-0.25, -0.2) is 0 Å². The van der Waals surface area contributed by atoms with Gasteiger partial charge in [-0.05, 0) is 24.2 Å². The van der Waals surface area contributed by atoms with E-state index in [9.17, 15) is 0 Å². The highest BCUT2D eigenvalue weighted by atomic mass is 35.5. The summed E-state index contributed by atoms with van der Waals surface area (Å²) in [6.07, 6.45) is 1.88. The monoisotopic (exact) mass is 188 g/mol. The van der Waals surface area contributed by atoms with Gasteiger partial charge in [0.15, 0.2) is 0 Å². The van der Waals surface area contributed by atoms with E-state index in [0.29, 0.717) is 16.6 Å². The van der Waals surface area contributed by atoms with Gasteiger partial charge in [0, 0.05) is 6.42 Å². The van der Waals surface area contributed by atoms with Crippen molar-refractivity contribution in [1.82, 2.24) is 0 Å². The van der Waals surface area contributed by atoms with Gasteiger partial charge in [0.05, 0.1) is 10.0 Å². The summed E-state index contributed by atoms with van der Waals surface area (Å²) in [4.78, 5) is 0. The summed E-state index contributed by atoms with van der Waals surface area (Å²) in [6, 6.07) is 5.42. The Morgan fingerprint density at radius 1 is 1.27 bits per heavy atom. The minimum Gasteiger partial charge on any atom is -0.330 e. The second kappa shape index (κ2) is 3.96. The molecule has 0 heterocycles. The van der Waals surface area contributed by atoms with Gasteiger partial charge >= 0.3 is 0 Å². The Bertz CT molecular complexity index is 248. The third kappa shape index (κ3) is 2.37. The number of halogens is 2. The smallest absolute Gasteiger partial charge is 0.0595 e. The summed E-state index contributed by atoms with van der Waals surface area (Å²) >= 11 is 11.5. The Morgan fingerprint density at radius 3 is 2.55 bits per heavy atom. The lowest BCUT2D eigenvalue weighted by Crippen LogP contribution is -1.99. The number of hydrogen-bond donors (Lipinski definition) is 1. The van der Waals surface area contributed by atoms with Gasteiger partial charge in [0.25, 0.3) is 0 Å². The highest BCUT2D eigenvalue weighted by molar-refractivity contribution is 6.42. The first-order valence-electron chi connectivity index (χ1n) is 3.22. The molecule has 0 saturated heterocycles. The average Bonchev–Trinajstić information content (AvgIpc) is 1.98. The van der Waals surface area contributed by atoms with Crippen molar-refractivity contribution in [3.63, 3.8) is 0 Å². The van der Waals surface area contributed by atoms with Crippen molar-refractivity contribution in [2.75, 3.05) is 6.54 Å². The molecule has 2 N–H and O–H groups in total. The maximum Gasteiger partial charge on any atom is 0.0595 e. The Kier molecular flexibility index (Phi) is 3.18. The first-order chi connectivity index (χ1) is 5.24. The van der Waals surface area contributed by atoms with E-state index in [4.69, 9.17) is 28.9 Å². The molecule has 59 valence electrons. The lowest BCUT2D eigenvalue weighted by atomic mass is 10.1. The van der Waals surface area contributed by atoms with Crippen LogP contribution in [0.1, 0.15) is 5.56 Å². The molecule has 1 aromatic carbocycles. The zero-order chi connectivity index (χ0) is 8.27. The van der Waals surface area contributed by atoms with Gasteiger partial charge in [-0.2, -0.15) is 0 Å². The minimum atomic E-state index is 0.512. The third-order valence-corrected chi connectivity index (χ3v) is 2.04. The van der Waals surface area contributed by atoms with Crippen molar-refractivity contribution in [2.45, 2.75) is 0 Å². The summed E-state index contributed by atoms with van der Waals surface area (Å²) < 4.78 is 0. The van der Waals surface area contributed by atoms with E-state index in [0.717, 1.165) is 5.56 Å². The second-order valence-electron chi connectivity index (χ2n) is 2.11. The first kappa shape index (κ1) is 8.85. The summed E-state index contributed by atoms with van der Waals surface area (Å²) in [5.74, 6) is 0. The Morgan fingerprint density at radius 2 is 2.00 bits per heavy atom. The Labute approximate surface area is 76.1 Å². The molecule has 0 spiro atoms. The molecule has 1 rings (SSSR count). The van der Waals surface area contributed by atoms with Crippen LogP contribution in [-0.2, 0) is 0 Å². The molecular formula is C8H8Cl2N. The third-order valence-electron chi connectivity index (χ3n) is 1.30.